The number of carbonyl (C=O) groups is 1. The molecule has 0 aliphatic carbocycles. The maximum atomic E-state index is 13.2. The van der Waals surface area contributed by atoms with Crippen LogP contribution in [0.5, 0.6) is 0 Å². The zero-order valence-corrected chi connectivity index (χ0v) is 16.8. The molecule has 28 heavy (non-hydrogen) atoms. The Morgan fingerprint density at radius 3 is 2.25 bits per heavy atom. The molecule has 0 fully saturated rings. The van der Waals surface area contributed by atoms with Gasteiger partial charge in [0.25, 0.3) is 5.91 Å². The van der Waals surface area contributed by atoms with Crippen molar-refractivity contribution < 1.29 is 4.79 Å². The number of hydrogen-bond acceptors (Lipinski definition) is 2. The van der Waals surface area contributed by atoms with E-state index in [0.29, 0.717) is 32.8 Å². The van der Waals surface area contributed by atoms with Crippen molar-refractivity contribution in [1.82, 2.24) is 9.38 Å². The molecular formula is C22H17Cl2N3O. The van der Waals surface area contributed by atoms with E-state index in [0.717, 1.165) is 16.7 Å². The molecular weight excluding hydrogens is 393 g/mol. The molecule has 140 valence electrons. The van der Waals surface area contributed by atoms with Crippen LogP contribution in [-0.4, -0.2) is 15.3 Å². The molecule has 0 unspecified atom stereocenters. The number of aromatic nitrogens is 2. The zero-order chi connectivity index (χ0) is 19.8. The Kier molecular flexibility index (Phi) is 4.84. The van der Waals surface area contributed by atoms with Crippen molar-refractivity contribution in [2.24, 2.45) is 0 Å². The maximum Gasteiger partial charge on any atom is 0.274 e. The lowest BCUT2D eigenvalue weighted by molar-refractivity contribution is 0.102. The molecule has 4 rings (SSSR count). The molecule has 0 radical (unpaired) electrons. The van der Waals surface area contributed by atoms with E-state index in [4.69, 9.17) is 28.2 Å². The van der Waals surface area contributed by atoms with Crippen molar-refractivity contribution in [3.8, 4) is 11.3 Å². The molecule has 0 saturated heterocycles. The summed E-state index contributed by atoms with van der Waals surface area (Å²) in [5.74, 6) is -0.285. The Morgan fingerprint density at radius 1 is 0.929 bits per heavy atom. The zero-order valence-electron chi connectivity index (χ0n) is 15.3. The number of nitrogens with one attached hydrogen (secondary N) is 1. The smallest absolute Gasteiger partial charge is 0.274 e. The van der Waals surface area contributed by atoms with Crippen LogP contribution in [0.25, 0.3) is 16.9 Å². The molecule has 0 atom stereocenters. The highest BCUT2D eigenvalue weighted by Crippen LogP contribution is 2.28. The van der Waals surface area contributed by atoms with Gasteiger partial charge in [-0.25, -0.2) is 4.98 Å². The van der Waals surface area contributed by atoms with Crippen LogP contribution < -0.4 is 5.32 Å². The summed E-state index contributed by atoms with van der Waals surface area (Å²) in [7, 11) is 0. The third kappa shape index (κ3) is 3.61. The first kappa shape index (κ1) is 18.5. The van der Waals surface area contributed by atoms with Crippen molar-refractivity contribution in [3.63, 3.8) is 0 Å². The Hall–Kier alpha value is -2.82. The summed E-state index contributed by atoms with van der Waals surface area (Å²) >= 11 is 12.1. The molecule has 0 saturated carbocycles. The normalized spacial score (nSPS) is 11.0. The van der Waals surface area contributed by atoms with Gasteiger partial charge in [0.2, 0.25) is 0 Å². The topological polar surface area (TPSA) is 46.4 Å². The molecule has 4 nitrogen and oxygen atoms in total. The minimum absolute atomic E-state index is 0.285. The van der Waals surface area contributed by atoms with Gasteiger partial charge in [0.15, 0.2) is 0 Å². The lowest BCUT2D eigenvalue weighted by Crippen LogP contribution is -2.15. The van der Waals surface area contributed by atoms with E-state index < -0.39 is 0 Å². The van der Waals surface area contributed by atoms with Gasteiger partial charge < -0.3 is 5.32 Å². The quantitative estimate of drug-likeness (QED) is 0.439. The van der Waals surface area contributed by atoms with E-state index in [2.05, 4.69) is 5.32 Å². The number of rotatable bonds is 3. The first-order valence-corrected chi connectivity index (χ1v) is 9.49. The summed E-state index contributed by atoms with van der Waals surface area (Å²) in [6.45, 7) is 4.00. The van der Waals surface area contributed by atoms with E-state index in [9.17, 15) is 4.79 Å². The van der Waals surface area contributed by atoms with Gasteiger partial charge in [0.1, 0.15) is 17.0 Å². The van der Waals surface area contributed by atoms with Crippen molar-refractivity contribution in [2.45, 2.75) is 13.8 Å². The Balaban J connectivity index is 1.85. The highest BCUT2D eigenvalue weighted by atomic mass is 35.5. The van der Waals surface area contributed by atoms with Gasteiger partial charge in [0.05, 0.1) is 0 Å². The van der Waals surface area contributed by atoms with Crippen LogP contribution in [0.4, 0.5) is 5.69 Å². The molecule has 0 aliphatic heterocycles. The molecule has 0 aliphatic rings. The minimum atomic E-state index is -0.285. The SMILES string of the molecule is Cc1ccc(-c2nc3ccc(C)cn3c2C(=O)Nc2cc(Cl)cc(Cl)c2)cc1. The fourth-order valence-corrected chi connectivity index (χ4v) is 3.62. The molecule has 1 N–H and O–H groups in total. The first-order chi connectivity index (χ1) is 13.4. The number of carbonyl (C=O) groups excluding carboxylic acids is 1. The molecule has 1 amide bonds. The van der Waals surface area contributed by atoms with E-state index in [-0.39, 0.29) is 5.91 Å². The minimum Gasteiger partial charge on any atom is -0.321 e. The number of imidazole rings is 1. The van der Waals surface area contributed by atoms with E-state index in [1.807, 2.05) is 60.8 Å². The fourth-order valence-electron chi connectivity index (χ4n) is 3.10. The van der Waals surface area contributed by atoms with Gasteiger partial charge in [-0.3, -0.25) is 9.20 Å². The Labute approximate surface area is 172 Å². The number of hydrogen-bond donors (Lipinski definition) is 1. The number of fused-ring (bicyclic) bond motifs is 1. The molecule has 0 spiro atoms. The van der Waals surface area contributed by atoms with Crippen molar-refractivity contribution in [3.05, 3.63) is 87.7 Å². The lowest BCUT2D eigenvalue weighted by Gasteiger charge is -2.09. The summed E-state index contributed by atoms with van der Waals surface area (Å²) in [4.78, 5) is 17.9. The average molecular weight is 410 g/mol. The third-order valence-electron chi connectivity index (χ3n) is 4.43. The van der Waals surface area contributed by atoms with Crippen LogP contribution in [0.3, 0.4) is 0 Å². The number of nitrogens with zero attached hydrogens (tertiary/aromatic N) is 2. The molecule has 0 bridgehead atoms. The molecule has 2 aromatic carbocycles. The average Bonchev–Trinajstić information content (AvgIpc) is 3.00. The summed E-state index contributed by atoms with van der Waals surface area (Å²) in [5.41, 5.74) is 5.36. The molecule has 2 aromatic heterocycles. The highest BCUT2D eigenvalue weighted by molar-refractivity contribution is 6.35. The summed E-state index contributed by atoms with van der Waals surface area (Å²) in [6, 6.07) is 16.8. The number of benzene rings is 2. The second-order valence-corrected chi connectivity index (χ2v) is 7.59. The van der Waals surface area contributed by atoms with Gasteiger partial charge in [-0.15, -0.1) is 0 Å². The van der Waals surface area contributed by atoms with Crippen LogP contribution in [-0.2, 0) is 0 Å². The van der Waals surface area contributed by atoms with Gasteiger partial charge in [0, 0.05) is 27.5 Å². The van der Waals surface area contributed by atoms with Crippen molar-refractivity contribution in [1.29, 1.82) is 0 Å². The second-order valence-electron chi connectivity index (χ2n) is 6.72. The Morgan fingerprint density at radius 2 is 1.57 bits per heavy atom. The van der Waals surface area contributed by atoms with Gasteiger partial charge in [-0.1, -0.05) is 59.1 Å². The van der Waals surface area contributed by atoms with Crippen LogP contribution in [0, 0.1) is 13.8 Å². The number of aryl methyl sites for hydroxylation is 2. The maximum absolute atomic E-state index is 13.2. The number of halogens is 2. The predicted molar refractivity (Wildman–Crippen MR) is 115 cm³/mol. The summed E-state index contributed by atoms with van der Waals surface area (Å²) in [5, 5.41) is 3.80. The molecule has 4 aromatic rings. The van der Waals surface area contributed by atoms with Gasteiger partial charge in [-0.05, 0) is 43.7 Å². The number of amides is 1. The fraction of sp³-hybridized carbons (Fsp3) is 0.0909. The van der Waals surface area contributed by atoms with Crippen LogP contribution in [0.15, 0.2) is 60.8 Å². The van der Waals surface area contributed by atoms with Crippen molar-refractivity contribution in [2.75, 3.05) is 5.32 Å². The standard InChI is InChI=1S/C22H17Cl2N3O/c1-13-3-6-15(7-4-13)20-21(27-12-14(2)5-8-19(27)26-20)22(28)25-18-10-16(23)9-17(24)11-18/h3-12H,1-2H3,(H,25,28). The Bertz CT molecular complexity index is 1180. The highest BCUT2D eigenvalue weighted by Gasteiger charge is 2.21. The molecule has 6 heteroatoms. The monoisotopic (exact) mass is 409 g/mol. The second kappa shape index (κ2) is 7.30. The van der Waals surface area contributed by atoms with E-state index in [1.165, 1.54) is 0 Å². The van der Waals surface area contributed by atoms with Crippen LogP contribution >= 0.6 is 23.2 Å². The summed E-state index contributed by atoms with van der Waals surface area (Å²) < 4.78 is 1.81. The van der Waals surface area contributed by atoms with Gasteiger partial charge in [-0.2, -0.15) is 0 Å². The third-order valence-corrected chi connectivity index (χ3v) is 4.86. The first-order valence-electron chi connectivity index (χ1n) is 8.74. The van der Waals surface area contributed by atoms with E-state index >= 15 is 0 Å². The number of anilines is 1. The van der Waals surface area contributed by atoms with Gasteiger partial charge >= 0.3 is 0 Å². The molecule has 2 heterocycles. The lowest BCUT2D eigenvalue weighted by atomic mass is 10.1. The summed E-state index contributed by atoms with van der Waals surface area (Å²) in [6.07, 6.45) is 1.90. The van der Waals surface area contributed by atoms with Crippen LogP contribution in [0.2, 0.25) is 10.0 Å². The predicted octanol–water partition coefficient (Wildman–Crippen LogP) is 6.18. The largest absolute Gasteiger partial charge is 0.321 e. The van der Waals surface area contributed by atoms with Crippen LogP contribution in [0.1, 0.15) is 21.6 Å². The van der Waals surface area contributed by atoms with E-state index in [1.54, 1.807) is 18.2 Å². The van der Waals surface area contributed by atoms with Crippen molar-refractivity contribution >= 4 is 40.4 Å². The number of pyridine rings is 1.